The van der Waals surface area contributed by atoms with Crippen LogP contribution in [0.4, 0.5) is 14.6 Å². The monoisotopic (exact) mass is 257 g/mol. The zero-order valence-electron chi connectivity index (χ0n) is 10.2. The van der Waals surface area contributed by atoms with E-state index in [2.05, 4.69) is 9.72 Å². The predicted octanol–water partition coefficient (Wildman–Crippen LogP) is 1.75. The van der Waals surface area contributed by atoms with Crippen LogP contribution >= 0.6 is 0 Å². The van der Waals surface area contributed by atoms with Gasteiger partial charge in [-0.25, -0.2) is 4.98 Å². The highest BCUT2D eigenvalue weighted by Crippen LogP contribution is 2.31. The maximum atomic E-state index is 12.0. The molecule has 0 bridgehead atoms. The van der Waals surface area contributed by atoms with Crippen LogP contribution in [-0.4, -0.2) is 30.8 Å². The summed E-state index contributed by atoms with van der Waals surface area (Å²) in [7, 11) is 1.91. The summed E-state index contributed by atoms with van der Waals surface area (Å²) in [6.45, 7) is -2.21. The molecule has 1 saturated carbocycles. The number of alkyl halides is 2. The summed E-state index contributed by atoms with van der Waals surface area (Å²) in [5.41, 5.74) is 6.47. The quantitative estimate of drug-likeness (QED) is 0.873. The molecule has 1 aliphatic rings. The number of hydrogen-bond donors (Lipinski definition) is 1. The third kappa shape index (κ3) is 2.94. The number of pyridine rings is 1. The van der Waals surface area contributed by atoms with E-state index in [-0.39, 0.29) is 12.1 Å². The van der Waals surface area contributed by atoms with Crippen molar-refractivity contribution in [3.05, 3.63) is 23.9 Å². The second kappa shape index (κ2) is 5.58. The van der Waals surface area contributed by atoms with Gasteiger partial charge in [0, 0.05) is 25.8 Å². The Morgan fingerprint density at radius 1 is 1.50 bits per heavy atom. The number of anilines is 1. The fraction of sp³-hybridized carbons (Fsp3) is 0.583. The molecule has 1 heterocycles. The highest BCUT2D eigenvalue weighted by molar-refractivity contribution is 5.40. The Morgan fingerprint density at radius 2 is 2.22 bits per heavy atom. The second-order valence-corrected chi connectivity index (χ2v) is 4.48. The molecular weight excluding hydrogens is 240 g/mol. The van der Waals surface area contributed by atoms with Gasteiger partial charge < -0.3 is 15.4 Å². The van der Waals surface area contributed by atoms with Gasteiger partial charge in [-0.1, -0.05) is 6.07 Å². The summed E-state index contributed by atoms with van der Waals surface area (Å²) >= 11 is 0. The molecule has 0 aliphatic heterocycles. The first-order valence-electron chi connectivity index (χ1n) is 5.91. The Kier molecular flexibility index (Phi) is 4.08. The van der Waals surface area contributed by atoms with Crippen molar-refractivity contribution >= 4 is 5.82 Å². The molecule has 2 N–H and O–H groups in total. The fourth-order valence-electron chi connectivity index (χ4n) is 2.04. The minimum absolute atomic E-state index is 0.213. The van der Waals surface area contributed by atoms with Crippen molar-refractivity contribution in [2.45, 2.75) is 38.1 Å². The van der Waals surface area contributed by atoms with E-state index in [1.165, 1.54) is 0 Å². The number of hydrogen-bond acceptors (Lipinski definition) is 4. The van der Waals surface area contributed by atoms with Gasteiger partial charge in [0.25, 0.3) is 0 Å². The van der Waals surface area contributed by atoms with Crippen molar-refractivity contribution in [3.63, 3.8) is 0 Å². The summed E-state index contributed by atoms with van der Waals surface area (Å²) in [6.07, 6.45) is 2.63. The average molecular weight is 257 g/mol. The summed E-state index contributed by atoms with van der Waals surface area (Å²) in [6, 6.07) is 4.03. The fourth-order valence-corrected chi connectivity index (χ4v) is 2.04. The van der Waals surface area contributed by atoms with E-state index in [1.54, 1.807) is 6.20 Å². The normalized spacial score (nSPS) is 22.9. The van der Waals surface area contributed by atoms with Gasteiger partial charge in [-0.2, -0.15) is 8.78 Å². The van der Waals surface area contributed by atoms with Gasteiger partial charge in [0.1, 0.15) is 5.82 Å². The van der Waals surface area contributed by atoms with E-state index < -0.39 is 6.61 Å². The Bertz CT molecular complexity index is 379. The highest BCUT2D eigenvalue weighted by atomic mass is 19.3. The Hall–Kier alpha value is -1.27. The zero-order valence-corrected chi connectivity index (χ0v) is 10.2. The maximum absolute atomic E-state index is 12.0. The topological polar surface area (TPSA) is 51.4 Å². The van der Waals surface area contributed by atoms with Gasteiger partial charge in [-0.3, -0.25) is 0 Å². The van der Waals surface area contributed by atoms with Crippen LogP contribution in [0.15, 0.2) is 18.3 Å². The van der Waals surface area contributed by atoms with E-state index in [0.717, 1.165) is 11.4 Å². The van der Waals surface area contributed by atoms with Crippen molar-refractivity contribution in [3.8, 4) is 0 Å². The van der Waals surface area contributed by atoms with E-state index in [1.807, 2.05) is 24.1 Å². The third-order valence-electron chi connectivity index (χ3n) is 3.32. The molecule has 0 atom stereocenters. The first kappa shape index (κ1) is 13.2. The smallest absolute Gasteiger partial charge is 0.345 e. The van der Waals surface area contributed by atoms with Gasteiger partial charge >= 0.3 is 6.61 Å². The Balaban J connectivity index is 1.87. The van der Waals surface area contributed by atoms with Gasteiger partial charge in [0.2, 0.25) is 0 Å². The summed E-state index contributed by atoms with van der Waals surface area (Å²) in [5.74, 6) is 0.827. The van der Waals surface area contributed by atoms with Crippen LogP contribution in [0, 0.1) is 0 Å². The number of nitrogens with zero attached hydrogens (tertiary/aromatic N) is 2. The number of ether oxygens (including phenoxy) is 1. The van der Waals surface area contributed by atoms with Crippen molar-refractivity contribution in [1.29, 1.82) is 0 Å². The van der Waals surface area contributed by atoms with E-state index in [4.69, 9.17) is 5.73 Å². The van der Waals surface area contributed by atoms with E-state index in [9.17, 15) is 8.78 Å². The third-order valence-corrected chi connectivity index (χ3v) is 3.32. The molecule has 0 amide bonds. The van der Waals surface area contributed by atoms with Crippen LogP contribution in [0.2, 0.25) is 0 Å². The lowest BCUT2D eigenvalue weighted by atomic mass is 9.88. The molecule has 6 heteroatoms. The molecule has 2 rings (SSSR count). The minimum atomic E-state index is -2.68. The molecule has 0 saturated heterocycles. The van der Waals surface area contributed by atoms with Gasteiger partial charge in [0.15, 0.2) is 0 Å². The minimum Gasteiger partial charge on any atom is -0.357 e. The summed E-state index contributed by atoms with van der Waals surface area (Å²) in [5, 5.41) is 0. The van der Waals surface area contributed by atoms with Crippen LogP contribution in [0.5, 0.6) is 0 Å². The first-order valence-corrected chi connectivity index (χ1v) is 5.91. The van der Waals surface area contributed by atoms with Crippen LogP contribution in [0.1, 0.15) is 18.4 Å². The molecule has 1 aliphatic carbocycles. The molecule has 0 spiro atoms. The van der Waals surface area contributed by atoms with Crippen molar-refractivity contribution in [2.75, 3.05) is 11.9 Å². The number of halogens is 2. The molecule has 4 nitrogen and oxygen atoms in total. The molecule has 0 radical (unpaired) electrons. The number of rotatable bonds is 5. The first-order chi connectivity index (χ1) is 8.60. The van der Waals surface area contributed by atoms with Gasteiger partial charge in [-0.05, 0) is 24.5 Å². The molecule has 1 fully saturated rings. The van der Waals surface area contributed by atoms with Crippen molar-refractivity contribution < 1.29 is 13.5 Å². The van der Waals surface area contributed by atoms with E-state index in [0.29, 0.717) is 19.4 Å². The summed E-state index contributed by atoms with van der Waals surface area (Å²) < 4.78 is 28.4. The standard InChI is InChI=1S/C12H17F2N3O/c1-17(9-4-10(5-9)18-12(13)14)11-3-2-8(6-15)7-16-11/h2-3,7,9-10,12H,4-6,15H2,1H3. The predicted molar refractivity (Wildman–Crippen MR) is 64.4 cm³/mol. The molecule has 0 aromatic carbocycles. The van der Waals surface area contributed by atoms with Crippen LogP contribution < -0.4 is 10.6 Å². The molecule has 1 aromatic heterocycles. The van der Waals surface area contributed by atoms with Gasteiger partial charge in [0.05, 0.1) is 6.10 Å². The zero-order chi connectivity index (χ0) is 13.1. The largest absolute Gasteiger partial charge is 0.357 e. The second-order valence-electron chi connectivity index (χ2n) is 4.48. The molecular formula is C12H17F2N3O. The Labute approximate surface area is 105 Å². The molecule has 1 aromatic rings. The Morgan fingerprint density at radius 3 is 2.72 bits per heavy atom. The van der Waals surface area contributed by atoms with E-state index >= 15 is 0 Å². The lowest BCUT2D eigenvalue weighted by Gasteiger charge is -2.41. The van der Waals surface area contributed by atoms with Crippen LogP contribution in [-0.2, 0) is 11.3 Å². The van der Waals surface area contributed by atoms with Gasteiger partial charge in [-0.15, -0.1) is 0 Å². The average Bonchev–Trinajstić information content (AvgIpc) is 2.32. The highest BCUT2D eigenvalue weighted by Gasteiger charge is 2.35. The van der Waals surface area contributed by atoms with Crippen LogP contribution in [0.3, 0.4) is 0 Å². The number of nitrogens with two attached hydrogens (primary N) is 1. The lowest BCUT2D eigenvalue weighted by molar-refractivity contribution is -0.183. The molecule has 18 heavy (non-hydrogen) atoms. The van der Waals surface area contributed by atoms with Crippen LogP contribution in [0.25, 0.3) is 0 Å². The maximum Gasteiger partial charge on any atom is 0.345 e. The molecule has 0 unspecified atom stereocenters. The lowest BCUT2D eigenvalue weighted by Crippen LogP contribution is -2.47. The number of aromatic nitrogens is 1. The summed E-state index contributed by atoms with van der Waals surface area (Å²) in [4.78, 5) is 6.29. The van der Waals surface area contributed by atoms with Crippen molar-refractivity contribution in [1.82, 2.24) is 4.98 Å². The van der Waals surface area contributed by atoms with Crippen molar-refractivity contribution in [2.24, 2.45) is 5.73 Å². The molecule has 100 valence electrons. The SMILES string of the molecule is CN(c1ccc(CN)cn1)C1CC(OC(F)F)C1.